The fourth-order valence-corrected chi connectivity index (χ4v) is 4.01. The van der Waals surface area contributed by atoms with Gasteiger partial charge in [-0.1, -0.05) is 17.3 Å². The molecular weight excluding hydrogens is 414 g/mol. The number of pyridine rings is 1. The molecule has 4 aromatic heterocycles. The maximum absolute atomic E-state index is 12.4. The van der Waals surface area contributed by atoms with Crippen LogP contribution in [0.1, 0.15) is 10.5 Å². The van der Waals surface area contributed by atoms with Crippen molar-refractivity contribution in [3.05, 3.63) is 66.1 Å². The van der Waals surface area contributed by atoms with Gasteiger partial charge in [0.25, 0.3) is 5.91 Å². The van der Waals surface area contributed by atoms with E-state index >= 15 is 0 Å². The minimum atomic E-state index is -0.369. The average Bonchev–Trinajstić information content (AvgIpc) is 3.53. The Hall–Kier alpha value is -3.79. The number of rotatable bonds is 5. The Labute approximate surface area is 182 Å². The third kappa shape index (κ3) is 4.24. The van der Waals surface area contributed by atoms with E-state index in [1.807, 2.05) is 35.7 Å². The van der Waals surface area contributed by atoms with Crippen LogP contribution in [0.2, 0.25) is 0 Å². The molecule has 0 aromatic carbocycles. The van der Waals surface area contributed by atoms with E-state index in [-0.39, 0.29) is 11.6 Å². The summed E-state index contributed by atoms with van der Waals surface area (Å²) >= 11 is 1.52. The first-order valence-corrected chi connectivity index (χ1v) is 10.7. The summed E-state index contributed by atoms with van der Waals surface area (Å²) in [5.74, 6) is 1.82. The van der Waals surface area contributed by atoms with Crippen LogP contribution in [0.5, 0.6) is 0 Å². The fraction of sp³-hybridized carbons (Fsp3) is 0.190. The van der Waals surface area contributed by atoms with Crippen LogP contribution in [0.25, 0.3) is 10.6 Å². The summed E-state index contributed by atoms with van der Waals surface area (Å²) in [5.41, 5.74) is 0.708. The summed E-state index contributed by atoms with van der Waals surface area (Å²) in [6.45, 7) is 3.29. The van der Waals surface area contributed by atoms with Crippen molar-refractivity contribution < 1.29 is 9.32 Å². The lowest BCUT2D eigenvalue weighted by Crippen LogP contribution is -2.47. The van der Waals surface area contributed by atoms with Gasteiger partial charge in [-0.3, -0.25) is 4.79 Å². The third-order valence-corrected chi connectivity index (χ3v) is 5.82. The first-order valence-electron chi connectivity index (χ1n) is 9.81. The molecule has 0 atom stereocenters. The summed E-state index contributed by atoms with van der Waals surface area (Å²) in [6, 6.07) is 11.4. The zero-order chi connectivity index (χ0) is 21.0. The van der Waals surface area contributed by atoms with Gasteiger partial charge < -0.3 is 19.6 Å². The van der Waals surface area contributed by atoms with Crippen molar-refractivity contribution in [2.75, 3.05) is 41.3 Å². The molecule has 1 saturated heterocycles. The molecule has 1 fully saturated rings. The van der Waals surface area contributed by atoms with E-state index in [1.54, 1.807) is 24.7 Å². The number of hydrogen-bond donors (Lipinski definition) is 1. The number of hydrogen-bond acceptors (Lipinski definition) is 9. The molecule has 0 unspecified atom stereocenters. The lowest BCUT2D eigenvalue weighted by Gasteiger charge is -2.35. The number of aromatic nitrogens is 4. The standard InChI is InChI=1S/C21H19N7O2S/c29-20(16-12-17(30-26-16)18-4-3-11-31-18)25-15-13-23-21(24-14-15)28-9-7-27(8-10-28)19-5-1-2-6-22-19/h1-6,11-14H,7-10H2,(H,25,29). The van der Waals surface area contributed by atoms with Crippen LogP contribution < -0.4 is 15.1 Å². The van der Waals surface area contributed by atoms with Crippen molar-refractivity contribution in [3.63, 3.8) is 0 Å². The fourth-order valence-electron chi connectivity index (χ4n) is 3.34. The lowest BCUT2D eigenvalue weighted by molar-refractivity contribution is 0.101. The van der Waals surface area contributed by atoms with E-state index in [9.17, 15) is 4.79 Å². The minimum Gasteiger partial charge on any atom is -0.355 e. The van der Waals surface area contributed by atoms with Gasteiger partial charge in [-0.15, -0.1) is 11.3 Å². The van der Waals surface area contributed by atoms with Gasteiger partial charge >= 0.3 is 0 Å². The monoisotopic (exact) mass is 433 g/mol. The Morgan fingerprint density at radius 3 is 2.52 bits per heavy atom. The Bertz CT molecular complexity index is 1140. The van der Waals surface area contributed by atoms with Gasteiger partial charge in [0.15, 0.2) is 11.5 Å². The summed E-state index contributed by atoms with van der Waals surface area (Å²) in [6.07, 6.45) is 5.01. The number of anilines is 3. The molecule has 156 valence electrons. The smallest absolute Gasteiger partial charge is 0.277 e. The molecule has 0 bridgehead atoms. The van der Waals surface area contributed by atoms with Crippen LogP contribution in [0, 0.1) is 0 Å². The van der Waals surface area contributed by atoms with E-state index in [4.69, 9.17) is 4.52 Å². The number of nitrogens with one attached hydrogen (secondary N) is 1. The zero-order valence-electron chi connectivity index (χ0n) is 16.5. The molecule has 0 saturated carbocycles. The highest BCUT2D eigenvalue weighted by atomic mass is 32.1. The summed E-state index contributed by atoms with van der Waals surface area (Å²) in [5, 5.41) is 8.55. The summed E-state index contributed by atoms with van der Waals surface area (Å²) < 4.78 is 5.26. The lowest BCUT2D eigenvalue weighted by atomic mass is 10.3. The van der Waals surface area contributed by atoms with Gasteiger partial charge in [0.05, 0.1) is 23.0 Å². The van der Waals surface area contributed by atoms with Crippen LogP contribution >= 0.6 is 11.3 Å². The van der Waals surface area contributed by atoms with Crippen LogP contribution in [-0.2, 0) is 0 Å². The highest BCUT2D eigenvalue weighted by Crippen LogP contribution is 2.25. The van der Waals surface area contributed by atoms with E-state index in [0.717, 1.165) is 36.9 Å². The number of amides is 1. The van der Waals surface area contributed by atoms with Gasteiger partial charge in [-0.25, -0.2) is 15.0 Å². The van der Waals surface area contributed by atoms with Crippen molar-refractivity contribution in [1.29, 1.82) is 0 Å². The minimum absolute atomic E-state index is 0.207. The molecule has 0 aliphatic carbocycles. The molecule has 4 aromatic rings. The van der Waals surface area contributed by atoms with E-state index in [1.165, 1.54) is 11.3 Å². The SMILES string of the molecule is O=C(Nc1cnc(N2CCN(c3ccccn3)CC2)nc1)c1cc(-c2cccs2)on1. The number of nitrogens with zero attached hydrogens (tertiary/aromatic N) is 6. The maximum Gasteiger partial charge on any atom is 0.277 e. The molecule has 0 radical (unpaired) electrons. The van der Waals surface area contributed by atoms with E-state index in [2.05, 4.69) is 35.2 Å². The molecule has 10 heteroatoms. The van der Waals surface area contributed by atoms with Crippen LogP contribution in [-0.4, -0.2) is 52.2 Å². The van der Waals surface area contributed by atoms with Crippen molar-refractivity contribution in [3.8, 4) is 10.6 Å². The largest absolute Gasteiger partial charge is 0.355 e. The second-order valence-corrected chi connectivity index (χ2v) is 7.89. The molecule has 1 aliphatic heterocycles. The Morgan fingerprint density at radius 2 is 1.81 bits per heavy atom. The third-order valence-electron chi connectivity index (χ3n) is 4.94. The quantitative estimate of drug-likeness (QED) is 0.512. The van der Waals surface area contributed by atoms with Gasteiger partial charge in [-0.2, -0.15) is 0 Å². The first-order chi connectivity index (χ1) is 15.3. The zero-order valence-corrected chi connectivity index (χ0v) is 17.3. The predicted molar refractivity (Wildman–Crippen MR) is 118 cm³/mol. The molecule has 1 aliphatic rings. The highest BCUT2D eigenvalue weighted by molar-refractivity contribution is 7.13. The van der Waals surface area contributed by atoms with Crippen molar-refractivity contribution in [2.24, 2.45) is 0 Å². The van der Waals surface area contributed by atoms with Crippen molar-refractivity contribution in [1.82, 2.24) is 20.1 Å². The molecule has 0 spiro atoms. The molecule has 1 amide bonds. The molecule has 5 heterocycles. The van der Waals surface area contributed by atoms with Crippen LogP contribution in [0.15, 0.2) is 64.9 Å². The number of piperazine rings is 1. The Morgan fingerprint density at radius 1 is 1.00 bits per heavy atom. The predicted octanol–water partition coefficient (Wildman–Crippen LogP) is 3.17. The van der Waals surface area contributed by atoms with E-state index in [0.29, 0.717) is 17.4 Å². The van der Waals surface area contributed by atoms with Crippen molar-refractivity contribution in [2.45, 2.75) is 0 Å². The normalized spacial score (nSPS) is 13.9. The van der Waals surface area contributed by atoms with Gasteiger partial charge in [0.1, 0.15) is 5.82 Å². The maximum atomic E-state index is 12.4. The van der Waals surface area contributed by atoms with Gasteiger partial charge in [0, 0.05) is 38.4 Å². The topological polar surface area (TPSA) is 100 Å². The van der Waals surface area contributed by atoms with Gasteiger partial charge in [0.2, 0.25) is 5.95 Å². The number of carbonyl (C=O) groups excluding carboxylic acids is 1. The number of thiophene rings is 1. The van der Waals surface area contributed by atoms with Gasteiger partial charge in [-0.05, 0) is 23.6 Å². The van der Waals surface area contributed by atoms with E-state index < -0.39 is 0 Å². The van der Waals surface area contributed by atoms with Crippen LogP contribution in [0.4, 0.5) is 17.5 Å². The second-order valence-electron chi connectivity index (χ2n) is 6.94. The molecule has 1 N–H and O–H groups in total. The van der Waals surface area contributed by atoms with Crippen LogP contribution in [0.3, 0.4) is 0 Å². The molecule has 31 heavy (non-hydrogen) atoms. The average molecular weight is 433 g/mol. The molecular formula is C21H19N7O2S. The molecule has 5 rings (SSSR count). The Kier molecular flexibility index (Phi) is 5.28. The summed E-state index contributed by atoms with van der Waals surface area (Å²) in [7, 11) is 0. The Balaban J connectivity index is 1.18. The number of carbonyl (C=O) groups is 1. The second kappa shape index (κ2) is 8.52. The van der Waals surface area contributed by atoms with Crippen molar-refractivity contribution >= 4 is 34.7 Å². The molecule has 9 nitrogen and oxygen atoms in total. The highest BCUT2D eigenvalue weighted by Gasteiger charge is 2.20. The first kappa shape index (κ1) is 19.2. The summed E-state index contributed by atoms with van der Waals surface area (Å²) in [4.78, 5) is 31.0.